The number of nitrogens with two attached hydrogens (primary N) is 1. The molecule has 0 aliphatic carbocycles. The van der Waals surface area contributed by atoms with Crippen LogP contribution in [0.5, 0.6) is 0 Å². The number of hydrogen-bond donors (Lipinski definition) is 2. The van der Waals surface area contributed by atoms with E-state index in [-0.39, 0.29) is 43.8 Å². The van der Waals surface area contributed by atoms with Gasteiger partial charge in [-0.05, 0) is 85.2 Å². The normalized spacial score (nSPS) is 39.4. The number of esters is 1. The quantitative estimate of drug-likeness (QED) is 0.294. The van der Waals surface area contributed by atoms with Crippen LogP contribution in [0.2, 0.25) is 0 Å². The summed E-state index contributed by atoms with van der Waals surface area (Å²) in [6, 6.07) is 4.63. The molecule has 4 bridgehead atoms. The fraction of sp³-hybridized carbons (Fsp3) is 0.727. The zero-order valence-corrected chi connectivity index (χ0v) is 37.3. The van der Waals surface area contributed by atoms with E-state index in [9.17, 15) is 14.7 Å². The van der Waals surface area contributed by atoms with Crippen LogP contribution in [-0.2, 0) is 44.7 Å². The maximum absolute atomic E-state index is 14.6. The van der Waals surface area contributed by atoms with Gasteiger partial charge in [0.1, 0.15) is 30.3 Å². The molecule has 0 unspecified atom stereocenters. The number of cyclic esters (lactones) is 1. The van der Waals surface area contributed by atoms with Crippen molar-refractivity contribution < 1.29 is 48.0 Å². The van der Waals surface area contributed by atoms with E-state index in [0.29, 0.717) is 54.9 Å². The van der Waals surface area contributed by atoms with Gasteiger partial charge in [0.15, 0.2) is 11.9 Å². The number of rotatable bonds is 7. The minimum absolute atomic E-state index is 0.00873. The van der Waals surface area contributed by atoms with Crippen molar-refractivity contribution in [2.75, 3.05) is 46.1 Å². The van der Waals surface area contributed by atoms with Crippen LogP contribution in [-0.4, -0.2) is 149 Å². The number of fused-ring (bicyclic) bond motifs is 5. The summed E-state index contributed by atoms with van der Waals surface area (Å²) in [5, 5.41) is 16.4. The van der Waals surface area contributed by atoms with Gasteiger partial charge in [0.05, 0.1) is 66.7 Å². The predicted molar refractivity (Wildman–Crippen MR) is 227 cm³/mol. The first-order valence-electron chi connectivity index (χ1n) is 21.8. The largest absolute Gasteiger partial charge is 0.458 e. The molecule has 14 atom stereocenters. The summed E-state index contributed by atoms with van der Waals surface area (Å²) in [5.41, 5.74) is 7.12. The number of pyridine rings is 2. The molecule has 0 aromatic carbocycles. The van der Waals surface area contributed by atoms with Crippen LogP contribution >= 0.6 is 0 Å². The van der Waals surface area contributed by atoms with Gasteiger partial charge in [0, 0.05) is 41.9 Å². The van der Waals surface area contributed by atoms with Crippen LogP contribution in [0.25, 0.3) is 11.0 Å². The maximum Gasteiger partial charge on any atom is 0.410 e. The number of oxime groups is 1. The van der Waals surface area contributed by atoms with Crippen molar-refractivity contribution in [2.45, 2.75) is 141 Å². The van der Waals surface area contributed by atoms with Crippen LogP contribution < -0.4 is 5.73 Å². The number of aliphatic hydroxyl groups excluding tert-OH is 1. The average molecular weight is 852 g/mol. The Morgan fingerprint density at radius 3 is 2.59 bits per heavy atom. The standard InChI is InChI=1S/C44H65N7O10/c1-11-32-44(8)38-25(4)34(47-16-17-51(38)42(54)61-44)23(2)19-43(7)39(60-41-36(52)31(50(9)10)18-24(3)58-41)26(5)37(27(6)40(53)59-32)55-21-29(22-56-43)49-57-20-28-14-15-46-30-12-13-33(45)48-35(28)30/h12-15,23-27,31-32,36-39,41,52H,11,16-22H2,1-10H3,(H2,45,48)/t23-,24+,25+,26+,27+,31-,32-,36+,37+,38-,39-,41-,43-,44-/m1/s1. The molecule has 2 aromatic heterocycles. The summed E-state index contributed by atoms with van der Waals surface area (Å²) < 4.78 is 39.9. The molecule has 0 spiro atoms. The Morgan fingerprint density at radius 2 is 1.85 bits per heavy atom. The Balaban J connectivity index is 1.31. The molecule has 5 aliphatic rings. The summed E-state index contributed by atoms with van der Waals surface area (Å²) in [7, 11) is 3.86. The van der Waals surface area contributed by atoms with Crippen molar-refractivity contribution in [3.63, 3.8) is 0 Å². The summed E-state index contributed by atoms with van der Waals surface area (Å²) in [6.45, 7) is 16.5. The molecule has 0 radical (unpaired) electrons. The summed E-state index contributed by atoms with van der Waals surface area (Å²) in [4.78, 5) is 51.9. The molecular formula is C44H65N7O10. The lowest BCUT2D eigenvalue weighted by atomic mass is 9.72. The molecule has 3 N–H and O–H groups in total. The second-order valence-corrected chi connectivity index (χ2v) is 18.4. The molecule has 17 nitrogen and oxygen atoms in total. The van der Waals surface area contributed by atoms with Crippen LogP contribution in [0.15, 0.2) is 34.5 Å². The average Bonchev–Trinajstić information content (AvgIpc) is 3.36. The number of amides is 1. The SMILES string of the molecule is CC[C@H]1OC(=O)[C@@H](C)[C@H]2OCC(=NOCc3ccnc4ccc(N)nc34)CO[C@](C)(C[C@@H](C)C3=NCCN4C(=O)O[C@@]1(C)[C@H]4[C@H]3C)[C@H](O[C@H]1O[C@@H](C)C[C@@H](N(C)C)[C@@H]1O)[C@H]2C. The number of aromatic nitrogens is 2. The number of likely N-dealkylation sites (N-methyl/N-ethyl adjacent to an activating group) is 1. The first-order chi connectivity index (χ1) is 28.9. The van der Waals surface area contributed by atoms with E-state index in [0.717, 1.165) is 11.3 Å². The van der Waals surface area contributed by atoms with Crippen LogP contribution in [0.1, 0.15) is 80.2 Å². The molecule has 61 heavy (non-hydrogen) atoms. The number of hydrogen-bond acceptors (Lipinski definition) is 16. The van der Waals surface area contributed by atoms with E-state index in [4.69, 9.17) is 44.0 Å². The topological polar surface area (TPSA) is 202 Å². The van der Waals surface area contributed by atoms with E-state index in [1.54, 1.807) is 30.2 Å². The van der Waals surface area contributed by atoms with Crippen molar-refractivity contribution in [3.05, 3.63) is 30.0 Å². The molecule has 17 heteroatoms. The lowest BCUT2D eigenvalue weighted by Crippen LogP contribution is -2.60. The lowest BCUT2D eigenvalue weighted by molar-refractivity contribution is -0.302. The second kappa shape index (κ2) is 18.0. The third-order valence-corrected chi connectivity index (χ3v) is 13.7. The Hall–Kier alpha value is -4.00. The first kappa shape index (κ1) is 45.0. The maximum atomic E-state index is 14.6. The molecule has 2 aromatic rings. The Bertz CT molecular complexity index is 1980. The van der Waals surface area contributed by atoms with E-state index in [1.807, 2.05) is 59.7 Å². The molecule has 4 saturated heterocycles. The molecule has 0 saturated carbocycles. The molecule has 7 heterocycles. The van der Waals surface area contributed by atoms with Crippen molar-refractivity contribution in [2.24, 2.45) is 33.8 Å². The summed E-state index contributed by atoms with van der Waals surface area (Å²) in [6.07, 6.45) is -1.91. The number of aliphatic hydroxyl groups is 1. The fourth-order valence-electron chi connectivity index (χ4n) is 10.6. The highest BCUT2D eigenvalue weighted by molar-refractivity contribution is 5.91. The number of carbonyl (C=O) groups is 2. The Morgan fingerprint density at radius 1 is 1.08 bits per heavy atom. The smallest absolute Gasteiger partial charge is 0.410 e. The molecular weight excluding hydrogens is 787 g/mol. The molecule has 1 amide bonds. The van der Waals surface area contributed by atoms with Gasteiger partial charge in [0.25, 0.3) is 0 Å². The fourth-order valence-corrected chi connectivity index (χ4v) is 10.6. The van der Waals surface area contributed by atoms with Gasteiger partial charge in [-0.2, -0.15) is 0 Å². The van der Waals surface area contributed by atoms with Crippen LogP contribution in [0.3, 0.4) is 0 Å². The lowest BCUT2D eigenvalue weighted by Gasteiger charge is -2.48. The van der Waals surface area contributed by atoms with Crippen molar-refractivity contribution >= 4 is 40.3 Å². The summed E-state index contributed by atoms with van der Waals surface area (Å²) >= 11 is 0. The number of aliphatic imine (C=N–C) groups is 1. The molecule has 4 fully saturated rings. The van der Waals surface area contributed by atoms with Crippen LogP contribution in [0.4, 0.5) is 10.6 Å². The van der Waals surface area contributed by atoms with Crippen molar-refractivity contribution in [3.8, 4) is 0 Å². The number of nitrogen functional groups attached to an aromatic ring is 1. The highest BCUT2D eigenvalue weighted by Crippen LogP contribution is 2.45. The van der Waals surface area contributed by atoms with Crippen molar-refractivity contribution in [1.82, 2.24) is 19.8 Å². The minimum atomic E-state index is -1.15. The number of carbonyl (C=O) groups excluding carboxylic acids is 2. The Kier molecular flexibility index (Phi) is 13.3. The number of ether oxygens (including phenoxy) is 6. The van der Waals surface area contributed by atoms with Gasteiger partial charge >= 0.3 is 12.1 Å². The van der Waals surface area contributed by atoms with E-state index in [1.165, 1.54) is 0 Å². The number of nitrogens with zero attached hydrogens (tertiary/aromatic N) is 6. The summed E-state index contributed by atoms with van der Waals surface area (Å²) in [5.74, 6) is -1.98. The monoisotopic (exact) mass is 851 g/mol. The first-order valence-corrected chi connectivity index (χ1v) is 21.8. The van der Waals surface area contributed by atoms with Gasteiger partial charge in [0.2, 0.25) is 0 Å². The number of anilines is 1. The predicted octanol–water partition coefficient (Wildman–Crippen LogP) is 4.37. The van der Waals surface area contributed by atoms with Gasteiger partial charge in [-0.3, -0.25) is 19.7 Å². The van der Waals surface area contributed by atoms with Gasteiger partial charge in [-0.15, -0.1) is 0 Å². The molecule has 5 aliphatic heterocycles. The highest BCUT2D eigenvalue weighted by atomic mass is 16.7. The van der Waals surface area contributed by atoms with E-state index < -0.39 is 71.8 Å². The van der Waals surface area contributed by atoms with Gasteiger partial charge in [-0.1, -0.05) is 32.9 Å². The molecule has 7 rings (SSSR count). The van der Waals surface area contributed by atoms with E-state index >= 15 is 0 Å². The van der Waals surface area contributed by atoms with Crippen LogP contribution in [0, 0.1) is 23.7 Å². The second-order valence-electron chi connectivity index (χ2n) is 18.4. The van der Waals surface area contributed by atoms with Gasteiger partial charge < -0.3 is 49.0 Å². The highest BCUT2D eigenvalue weighted by Gasteiger charge is 2.60. The minimum Gasteiger partial charge on any atom is -0.458 e. The third-order valence-electron chi connectivity index (χ3n) is 13.7. The third kappa shape index (κ3) is 8.83. The molecule has 336 valence electrons. The van der Waals surface area contributed by atoms with Crippen molar-refractivity contribution in [1.29, 1.82) is 0 Å². The zero-order chi connectivity index (χ0) is 44.0. The van der Waals surface area contributed by atoms with E-state index in [2.05, 4.69) is 29.0 Å². The zero-order valence-electron chi connectivity index (χ0n) is 37.3. The Labute approximate surface area is 358 Å². The van der Waals surface area contributed by atoms with Gasteiger partial charge in [-0.25, -0.2) is 9.78 Å².